The van der Waals surface area contributed by atoms with E-state index in [0.717, 1.165) is 59.0 Å². The molecule has 1 aliphatic heterocycles. The molecule has 46 heavy (non-hydrogen) atoms. The number of anilines is 1. The zero-order valence-electron chi connectivity index (χ0n) is 26.5. The molecule has 0 bridgehead atoms. The summed E-state index contributed by atoms with van der Waals surface area (Å²) < 4.78 is 0. The molecule has 1 saturated heterocycles. The topological polar surface area (TPSA) is 103 Å². The number of rotatable bonds is 9. The van der Waals surface area contributed by atoms with Gasteiger partial charge < -0.3 is 15.3 Å². The molecule has 1 saturated carbocycles. The van der Waals surface area contributed by atoms with E-state index in [0.29, 0.717) is 44.7 Å². The molecule has 0 unspecified atom stereocenters. The Kier molecular flexibility index (Phi) is 9.73. The van der Waals surface area contributed by atoms with Crippen molar-refractivity contribution in [3.05, 3.63) is 95.6 Å². The zero-order chi connectivity index (χ0) is 32.0. The summed E-state index contributed by atoms with van der Waals surface area (Å²) in [6, 6.07) is 24.7. The average Bonchev–Trinajstić information content (AvgIpc) is 3.09. The third-order valence-corrected chi connectivity index (χ3v) is 9.59. The predicted molar refractivity (Wildman–Crippen MR) is 181 cm³/mol. The summed E-state index contributed by atoms with van der Waals surface area (Å²) in [6.45, 7) is 4.70. The molecule has 238 valence electrons. The SMILES string of the molecule is CCN(C(=O)c1c(CN2CCC(C(=O)Nc3cccc(C(=O)O)c3)CC2)c(-c2ccccc2)nc2ccccc12)C1CCCCC1. The summed E-state index contributed by atoms with van der Waals surface area (Å²) in [4.78, 5) is 48.8. The van der Waals surface area contributed by atoms with E-state index in [1.165, 1.54) is 18.6 Å². The molecule has 1 aliphatic carbocycles. The van der Waals surface area contributed by atoms with Gasteiger partial charge in [-0.2, -0.15) is 0 Å². The van der Waals surface area contributed by atoms with Gasteiger partial charge in [-0.05, 0) is 70.0 Å². The van der Waals surface area contributed by atoms with Gasteiger partial charge in [-0.25, -0.2) is 9.78 Å². The van der Waals surface area contributed by atoms with Crippen molar-refractivity contribution in [1.29, 1.82) is 0 Å². The first-order valence-corrected chi connectivity index (χ1v) is 16.6. The molecule has 0 radical (unpaired) electrons. The second-order valence-electron chi connectivity index (χ2n) is 12.5. The number of nitrogens with zero attached hydrogens (tertiary/aromatic N) is 3. The summed E-state index contributed by atoms with van der Waals surface area (Å²) in [5.74, 6) is -1.23. The zero-order valence-corrected chi connectivity index (χ0v) is 26.5. The lowest BCUT2D eigenvalue weighted by Crippen LogP contribution is -2.42. The third kappa shape index (κ3) is 6.82. The number of carbonyl (C=O) groups is 3. The molecule has 3 aromatic carbocycles. The molecular weight excluding hydrogens is 576 g/mol. The lowest BCUT2D eigenvalue weighted by molar-refractivity contribution is -0.121. The monoisotopic (exact) mass is 618 g/mol. The van der Waals surface area contributed by atoms with Crippen LogP contribution in [0.4, 0.5) is 5.69 Å². The molecule has 1 aromatic heterocycles. The summed E-state index contributed by atoms with van der Waals surface area (Å²) in [5, 5.41) is 13.1. The van der Waals surface area contributed by atoms with Gasteiger partial charge in [0.25, 0.3) is 5.91 Å². The standard InChI is InChI=1S/C38H42N4O4/c1-2-42(30-16-7-4-8-17-30)37(44)34-31-18-9-10-19-33(31)40-35(26-12-5-3-6-13-26)32(34)25-41-22-20-27(21-23-41)36(43)39-29-15-11-14-28(24-29)38(45)46/h3,5-6,9-15,18-19,24,27,30H,2,4,7-8,16-17,20-23,25H2,1H3,(H,39,43)(H,45,46). The molecule has 2 aliphatic rings. The fourth-order valence-corrected chi connectivity index (χ4v) is 7.14. The number of hydrogen-bond acceptors (Lipinski definition) is 5. The Morgan fingerprint density at radius 2 is 1.61 bits per heavy atom. The highest BCUT2D eigenvalue weighted by molar-refractivity contribution is 6.09. The number of nitrogens with one attached hydrogen (secondary N) is 1. The first kappa shape index (κ1) is 31.4. The Hall–Kier alpha value is -4.56. The van der Waals surface area contributed by atoms with E-state index in [2.05, 4.69) is 34.2 Å². The molecule has 0 spiro atoms. The number of carboxylic acid groups (broad SMARTS) is 1. The van der Waals surface area contributed by atoms with E-state index in [1.807, 2.05) is 42.5 Å². The Balaban J connectivity index is 1.30. The Morgan fingerprint density at radius 3 is 2.33 bits per heavy atom. The minimum absolute atomic E-state index is 0.0815. The van der Waals surface area contributed by atoms with Crippen molar-refractivity contribution >= 4 is 34.4 Å². The molecule has 4 aromatic rings. The van der Waals surface area contributed by atoms with E-state index < -0.39 is 5.97 Å². The van der Waals surface area contributed by atoms with Crippen LogP contribution < -0.4 is 5.32 Å². The van der Waals surface area contributed by atoms with Crippen LogP contribution >= 0.6 is 0 Å². The first-order chi connectivity index (χ1) is 22.4. The van der Waals surface area contributed by atoms with Crippen LogP contribution in [0.1, 0.15) is 78.1 Å². The molecule has 2 N–H and O–H groups in total. The van der Waals surface area contributed by atoms with E-state index in [4.69, 9.17) is 4.98 Å². The largest absolute Gasteiger partial charge is 0.478 e. The summed E-state index contributed by atoms with van der Waals surface area (Å²) in [6.07, 6.45) is 6.95. The summed E-state index contributed by atoms with van der Waals surface area (Å²) in [5.41, 5.74) is 4.95. The molecule has 8 heteroatoms. The van der Waals surface area contributed by atoms with Gasteiger partial charge in [0.05, 0.1) is 22.3 Å². The third-order valence-electron chi connectivity index (χ3n) is 9.59. The van der Waals surface area contributed by atoms with Gasteiger partial charge in [0.1, 0.15) is 0 Å². The van der Waals surface area contributed by atoms with E-state index >= 15 is 0 Å². The Morgan fingerprint density at radius 1 is 0.891 bits per heavy atom. The molecule has 6 rings (SSSR count). The van der Waals surface area contributed by atoms with Gasteiger partial charge in [0, 0.05) is 47.2 Å². The summed E-state index contributed by atoms with van der Waals surface area (Å²) in [7, 11) is 0. The first-order valence-electron chi connectivity index (χ1n) is 16.6. The fourth-order valence-electron chi connectivity index (χ4n) is 7.14. The van der Waals surface area contributed by atoms with Gasteiger partial charge in [0.15, 0.2) is 0 Å². The highest BCUT2D eigenvalue weighted by Crippen LogP contribution is 2.35. The van der Waals surface area contributed by atoms with Crippen molar-refractivity contribution in [3.8, 4) is 11.3 Å². The molecule has 2 fully saturated rings. The number of carbonyl (C=O) groups excluding carboxylic acids is 2. The molecule has 0 atom stereocenters. The predicted octanol–water partition coefficient (Wildman–Crippen LogP) is 7.25. The van der Waals surface area contributed by atoms with Gasteiger partial charge in [0.2, 0.25) is 5.91 Å². The van der Waals surface area contributed by atoms with Crippen LogP contribution in [0.3, 0.4) is 0 Å². The number of benzene rings is 3. The van der Waals surface area contributed by atoms with E-state index in [1.54, 1.807) is 12.1 Å². The number of amides is 2. The number of aromatic carboxylic acids is 1. The summed E-state index contributed by atoms with van der Waals surface area (Å²) >= 11 is 0. The average molecular weight is 619 g/mol. The van der Waals surface area contributed by atoms with Crippen LogP contribution in [-0.2, 0) is 11.3 Å². The molecule has 8 nitrogen and oxygen atoms in total. The van der Waals surface area contributed by atoms with Crippen LogP contribution in [0.2, 0.25) is 0 Å². The van der Waals surface area contributed by atoms with E-state index in [-0.39, 0.29) is 29.3 Å². The van der Waals surface area contributed by atoms with Gasteiger partial charge >= 0.3 is 5.97 Å². The normalized spacial score (nSPS) is 16.3. The number of likely N-dealkylation sites (tertiary alicyclic amines) is 1. The number of pyridine rings is 1. The van der Waals surface area contributed by atoms with Crippen molar-refractivity contribution in [1.82, 2.24) is 14.8 Å². The minimum Gasteiger partial charge on any atom is -0.478 e. The quantitative estimate of drug-likeness (QED) is 0.205. The second-order valence-corrected chi connectivity index (χ2v) is 12.5. The second kappa shape index (κ2) is 14.3. The lowest BCUT2D eigenvalue weighted by Gasteiger charge is -2.36. The maximum absolute atomic E-state index is 14.7. The maximum Gasteiger partial charge on any atom is 0.335 e. The highest BCUT2D eigenvalue weighted by atomic mass is 16.4. The van der Waals surface area contributed by atoms with Crippen LogP contribution in [0.15, 0.2) is 78.9 Å². The minimum atomic E-state index is -1.03. The molecular formula is C38H42N4O4. The number of carboxylic acids is 1. The van der Waals surface area contributed by atoms with Crippen LogP contribution in [-0.4, -0.2) is 63.4 Å². The molecule has 2 amide bonds. The van der Waals surface area contributed by atoms with Crippen LogP contribution in [0, 0.1) is 5.92 Å². The fraction of sp³-hybridized carbons (Fsp3) is 0.368. The van der Waals surface area contributed by atoms with Gasteiger partial charge in [-0.15, -0.1) is 0 Å². The smallest absolute Gasteiger partial charge is 0.335 e. The maximum atomic E-state index is 14.7. The number of piperidine rings is 1. The van der Waals surface area contributed by atoms with E-state index in [9.17, 15) is 19.5 Å². The van der Waals surface area contributed by atoms with Crippen LogP contribution in [0.25, 0.3) is 22.2 Å². The van der Waals surface area contributed by atoms with Crippen molar-refractivity contribution in [3.63, 3.8) is 0 Å². The van der Waals surface area contributed by atoms with Gasteiger partial charge in [-0.1, -0.05) is 73.9 Å². The number of aromatic nitrogens is 1. The molecule has 2 heterocycles. The number of fused-ring (bicyclic) bond motifs is 1. The Bertz CT molecular complexity index is 1710. The van der Waals surface area contributed by atoms with Crippen molar-refractivity contribution < 1.29 is 19.5 Å². The van der Waals surface area contributed by atoms with Crippen LogP contribution in [0.5, 0.6) is 0 Å². The highest BCUT2D eigenvalue weighted by Gasteiger charge is 2.32. The van der Waals surface area contributed by atoms with Crippen molar-refractivity contribution in [2.45, 2.75) is 64.5 Å². The van der Waals surface area contributed by atoms with Crippen molar-refractivity contribution in [2.24, 2.45) is 5.92 Å². The van der Waals surface area contributed by atoms with Crippen molar-refractivity contribution in [2.75, 3.05) is 25.0 Å². The lowest BCUT2D eigenvalue weighted by atomic mass is 9.91. The Labute approximate surface area is 270 Å². The number of para-hydroxylation sites is 1. The number of hydrogen-bond donors (Lipinski definition) is 2. The van der Waals surface area contributed by atoms with Gasteiger partial charge in [-0.3, -0.25) is 14.5 Å².